The van der Waals surface area contributed by atoms with Crippen molar-refractivity contribution in [3.63, 3.8) is 0 Å². The van der Waals surface area contributed by atoms with Crippen molar-refractivity contribution in [2.75, 3.05) is 52.9 Å². The van der Waals surface area contributed by atoms with Crippen molar-refractivity contribution in [1.82, 2.24) is 0 Å². The molecule has 0 aromatic heterocycles. The van der Waals surface area contributed by atoms with E-state index in [-0.39, 0.29) is 0 Å². The third-order valence-electron chi connectivity index (χ3n) is 8.36. The van der Waals surface area contributed by atoms with Crippen molar-refractivity contribution in [1.29, 1.82) is 0 Å². The molecule has 5 aromatic rings. The van der Waals surface area contributed by atoms with Crippen LogP contribution in [0, 0.1) is 0 Å². The minimum absolute atomic E-state index is 0.422. The normalized spacial score (nSPS) is 16.9. The molecule has 0 spiro atoms. The van der Waals surface area contributed by atoms with Gasteiger partial charge in [0, 0.05) is 16.7 Å². The van der Waals surface area contributed by atoms with Crippen LogP contribution in [0.15, 0.2) is 115 Å². The fraction of sp³-hybridized carbons (Fsp3) is 0.220. The first-order chi connectivity index (χ1) is 23.3. The van der Waals surface area contributed by atoms with Gasteiger partial charge in [0.25, 0.3) is 0 Å². The highest BCUT2D eigenvalue weighted by Crippen LogP contribution is 2.44. The molecule has 2 aliphatic rings. The van der Waals surface area contributed by atoms with E-state index in [1.807, 2.05) is 30.3 Å². The number of benzene rings is 5. The quantitative estimate of drug-likeness (QED) is 0.188. The van der Waals surface area contributed by atoms with Crippen LogP contribution >= 0.6 is 0 Å². The molecule has 0 N–H and O–H groups in total. The summed E-state index contributed by atoms with van der Waals surface area (Å²) >= 11 is 0. The lowest BCUT2D eigenvalue weighted by molar-refractivity contribution is 0.00708. The summed E-state index contributed by atoms with van der Waals surface area (Å²) in [5.41, 5.74) is 4.68. The Labute approximate surface area is 275 Å². The van der Waals surface area contributed by atoms with Crippen LogP contribution in [0.3, 0.4) is 0 Å². The van der Waals surface area contributed by atoms with E-state index in [0.29, 0.717) is 64.4 Å². The van der Waals surface area contributed by atoms with Gasteiger partial charge in [0.05, 0.1) is 39.6 Å². The Hall–Kier alpha value is -4.88. The molecule has 7 rings (SSSR count). The van der Waals surface area contributed by atoms with Gasteiger partial charge in [-0.1, -0.05) is 97.1 Å². The molecule has 5 aromatic carbocycles. The predicted octanol–water partition coefficient (Wildman–Crippen LogP) is 8.18. The van der Waals surface area contributed by atoms with E-state index in [2.05, 4.69) is 103 Å². The molecule has 0 bridgehead atoms. The molecule has 0 saturated heterocycles. The zero-order valence-electron chi connectivity index (χ0n) is 26.3. The molecule has 6 nitrogen and oxygen atoms in total. The molecular formula is C41H38O6. The summed E-state index contributed by atoms with van der Waals surface area (Å²) in [5.74, 6) is 2.23. The van der Waals surface area contributed by atoms with Gasteiger partial charge in [-0.3, -0.25) is 0 Å². The smallest absolute Gasteiger partial charge is 0.178 e. The maximum absolute atomic E-state index is 6.90. The highest BCUT2D eigenvalue weighted by Gasteiger charge is 2.37. The molecule has 0 aliphatic carbocycles. The van der Waals surface area contributed by atoms with Gasteiger partial charge in [0.15, 0.2) is 17.1 Å². The molecule has 2 heterocycles. The van der Waals surface area contributed by atoms with Crippen molar-refractivity contribution in [2.45, 2.75) is 5.60 Å². The number of hydrogen-bond donors (Lipinski definition) is 0. The lowest BCUT2D eigenvalue weighted by Gasteiger charge is -2.36. The fourth-order valence-electron chi connectivity index (χ4n) is 5.99. The van der Waals surface area contributed by atoms with Crippen LogP contribution in [0.4, 0.5) is 0 Å². The van der Waals surface area contributed by atoms with E-state index < -0.39 is 5.60 Å². The summed E-state index contributed by atoms with van der Waals surface area (Å²) in [5, 5.41) is 2.30. The molecule has 0 fully saturated rings. The van der Waals surface area contributed by atoms with E-state index >= 15 is 0 Å². The maximum Gasteiger partial charge on any atom is 0.178 e. The van der Waals surface area contributed by atoms with E-state index in [1.54, 1.807) is 0 Å². The van der Waals surface area contributed by atoms with Gasteiger partial charge in [-0.15, -0.1) is 0 Å². The molecule has 0 saturated carbocycles. The average Bonchev–Trinajstić information content (AvgIpc) is 3.14. The Morgan fingerprint density at radius 3 is 1.70 bits per heavy atom. The van der Waals surface area contributed by atoms with Crippen LogP contribution in [0.1, 0.15) is 27.8 Å². The van der Waals surface area contributed by atoms with E-state index in [0.717, 1.165) is 44.3 Å². The Balaban J connectivity index is 1.12. The number of hydrogen-bond acceptors (Lipinski definition) is 6. The minimum atomic E-state index is -0.696. The van der Waals surface area contributed by atoms with Crippen LogP contribution in [0.25, 0.3) is 29.0 Å². The lowest BCUT2D eigenvalue weighted by Crippen LogP contribution is -2.34. The monoisotopic (exact) mass is 626 g/mol. The van der Waals surface area contributed by atoms with Crippen LogP contribution in [-0.4, -0.2) is 52.9 Å². The zero-order valence-corrected chi connectivity index (χ0v) is 26.3. The van der Waals surface area contributed by atoms with Gasteiger partial charge in [-0.2, -0.15) is 0 Å². The summed E-state index contributed by atoms with van der Waals surface area (Å²) in [4.78, 5) is 0. The number of ether oxygens (including phenoxy) is 6. The summed E-state index contributed by atoms with van der Waals surface area (Å²) < 4.78 is 35.6. The summed E-state index contributed by atoms with van der Waals surface area (Å²) in [6.45, 7) is 3.94. The molecule has 0 amide bonds. The Morgan fingerprint density at radius 2 is 1.04 bits per heavy atom. The number of fused-ring (bicyclic) bond motifs is 4. The molecule has 0 unspecified atom stereocenters. The van der Waals surface area contributed by atoms with Gasteiger partial charge < -0.3 is 28.4 Å². The van der Waals surface area contributed by atoms with Crippen molar-refractivity contribution < 1.29 is 28.4 Å². The SMILES string of the molecule is C1=CC(c2ccccc2)(c2ccccc2)Oc2ccc3cc(/C=C\c4ccc5c(c4)OCCOCCOCCOCCO5)ccc3c21. The van der Waals surface area contributed by atoms with Gasteiger partial charge in [0.2, 0.25) is 0 Å². The zero-order chi connectivity index (χ0) is 31.7. The largest absolute Gasteiger partial charge is 0.487 e. The van der Waals surface area contributed by atoms with Crippen molar-refractivity contribution >= 4 is 29.0 Å². The maximum atomic E-state index is 6.90. The van der Waals surface area contributed by atoms with Crippen LogP contribution in [-0.2, 0) is 19.8 Å². The Kier molecular flexibility index (Phi) is 9.61. The van der Waals surface area contributed by atoms with Crippen LogP contribution in [0.2, 0.25) is 0 Å². The molecule has 2 aliphatic heterocycles. The fourth-order valence-corrected chi connectivity index (χ4v) is 5.99. The highest BCUT2D eigenvalue weighted by molar-refractivity contribution is 5.95. The molecule has 0 radical (unpaired) electrons. The van der Waals surface area contributed by atoms with Crippen molar-refractivity contribution in [3.05, 3.63) is 143 Å². The van der Waals surface area contributed by atoms with E-state index in [4.69, 9.17) is 28.4 Å². The lowest BCUT2D eigenvalue weighted by atomic mass is 9.83. The molecule has 238 valence electrons. The highest BCUT2D eigenvalue weighted by atomic mass is 16.6. The van der Waals surface area contributed by atoms with Crippen molar-refractivity contribution in [2.24, 2.45) is 0 Å². The second-order valence-corrected chi connectivity index (χ2v) is 11.4. The average molecular weight is 627 g/mol. The van der Waals surface area contributed by atoms with Gasteiger partial charge in [-0.25, -0.2) is 0 Å². The third-order valence-corrected chi connectivity index (χ3v) is 8.36. The summed E-state index contributed by atoms with van der Waals surface area (Å²) in [7, 11) is 0. The minimum Gasteiger partial charge on any atom is -0.487 e. The molecular weight excluding hydrogens is 588 g/mol. The second-order valence-electron chi connectivity index (χ2n) is 11.4. The predicted molar refractivity (Wildman–Crippen MR) is 186 cm³/mol. The van der Waals surface area contributed by atoms with E-state index in [9.17, 15) is 0 Å². The van der Waals surface area contributed by atoms with Gasteiger partial charge in [-0.05, 0) is 58.3 Å². The first kappa shape index (κ1) is 30.8. The third kappa shape index (κ3) is 7.10. The first-order valence-electron chi connectivity index (χ1n) is 16.2. The second kappa shape index (κ2) is 14.7. The Bertz CT molecular complexity index is 1810. The summed E-state index contributed by atoms with van der Waals surface area (Å²) in [6, 6.07) is 37.5. The molecule has 47 heavy (non-hydrogen) atoms. The molecule has 0 atom stereocenters. The first-order valence-corrected chi connectivity index (χ1v) is 16.2. The van der Waals surface area contributed by atoms with Gasteiger partial charge >= 0.3 is 0 Å². The van der Waals surface area contributed by atoms with Crippen LogP contribution in [0.5, 0.6) is 17.2 Å². The van der Waals surface area contributed by atoms with Crippen LogP contribution < -0.4 is 14.2 Å². The summed E-state index contributed by atoms with van der Waals surface area (Å²) in [6.07, 6.45) is 8.60. The topological polar surface area (TPSA) is 55.4 Å². The van der Waals surface area contributed by atoms with E-state index in [1.165, 1.54) is 0 Å². The molecule has 6 heteroatoms. The standard InChI is InChI=1S/C41H38O6/c1-3-7-34(8-4-1)41(35-9-5-2-6-10-35)20-19-37-36-16-13-31(29-33(36)15-18-38(37)47-41)11-12-32-14-17-39-40(30-32)46-28-26-44-24-22-42-21-23-43-25-27-45-39/h1-20,29-30H,21-28H2/b12-11-. The Morgan fingerprint density at radius 1 is 0.489 bits per heavy atom. The van der Waals surface area contributed by atoms with Gasteiger partial charge in [0.1, 0.15) is 19.0 Å². The number of rotatable bonds is 4. The van der Waals surface area contributed by atoms with Crippen molar-refractivity contribution in [3.8, 4) is 17.2 Å².